The number of anilines is 2. The number of carbonyl (C=O) groups is 3. The van der Waals surface area contributed by atoms with Crippen LogP contribution in [0.3, 0.4) is 0 Å². The van der Waals surface area contributed by atoms with Crippen LogP contribution in [0.4, 0.5) is 11.4 Å². The van der Waals surface area contributed by atoms with Crippen molar-refractivity contribution in [1.29, 1.82) is 0 Å². The van der Waals surface area contributed by atoms with Crippen LogP contribution in [0.1, 0.15) is 41.0 Å². The van der Waals surface area contributed by atoms with Crippen molar-refractivity contribution >= 4 is 40.5 Å². The van der Waals surface area contributed by atoms with Gasteiger partial charge >= 0.3 is 5.97 Å². The highest BCUT2D eigenvalue weighted by Gasteiger charge is 2.36. The third-order valence-electron chi connectivity index (χ3n) is 5.04. The first-order chi connectivity index (χ1) is 13.5. The number of fused-ring (bicyclic) bond motifs is 3. The van der Waals surface area contributed by atoms with E-state index in [1.807, 2.05) is 30.5 Å². The highest BCUT2D eigenvalue weighted by atomic mass is 32.1. The summed E-state index contributed by atoms with van der Waals surface area (Å²) in [4.78, 5) is 39.7. The minimum absolute atomic E-state index is 0.0440. The summed E-state index contributed by atoms with van der Waals surface area (Å²) in [6.45, 7) is 2.35. The van der Waals surface area contributed by atoms with Gasteiger partial charge in [0.05, 0.1) is 23.0 Å². The van der Waals surface area contributed by atoms with E-state index < -0.39 is 5.97 Å². The van der Waals surface area contributed by atoms with Crippen molar-refractivity contribution in [2.75, 3.05) is 23.4 Å². The van der Waals surface area contributed by atoms with Crippen molar-refractivity contribution in [3.63, 3.8) is 0 Å². The Morgan fingerprint density at radius 1 is 1.39 bits per heavy atom. The maximum Gasteiger partial charge on any atom is 0.338 e. The number of hydrogen-bond donors (Lipinski definition) is 2. The van der Waals surface area contributed by atoms with Crippen LogP contribution in [0.2, 0.25) is 0 Å². The number of ether oxygens (including phenoxy) is 1. The fourth-order valence-corrected chi connectivity index (χ4v) is 4.40. The molecule has 2 aliphatic rings. The lowest BCUT2D eigenvalue weighted by atomic mass is 10.1. The van der Waals surface area contributed by atoms with Gasteiger partial charge in [0.15, 0.2) is 6.61 Å². The van der Waals surface area contributed by atoms with E-state index in [0.717, 1.165) is 30.0 Å². The molecule has 2 aliphatic heterocycles. The summed E-state index contributed by atoms with van der Waals surface area (Å²) in [7, 11) is 0. The Bertz CT molecular complexity index is 912. The number of hydrogen-bond acceptors (Lipinski definition) is 6. The second kappa shape index (κ2) is 7.63. The number of nitrogens with zero attached hydrogens (tertiary/aromatic N) is 1. The highest BCUT2D eigenvalue weighted by Crippen LogP contribution is 2.37. The average Bonchev–Trinajstić information content (AvgIpc) is 3.37. The molecule has 0 unspecified atom stereocenters. The molecule has 1 aromatic heterocycles. The summed E-state index contributed by atoms with van der Waals surface area (Å²) < 4.78 is 5.14. The lowest BCUT2D eigenvalue weighted by Gasteiger charge is -2.33. The largest absolute Gasteiger partial charge is 0.452 e. The molecule has 0 spiro atoms. The minimum atomic E-state index is -0.598. The first-order valence-corrected chi connectivity index (χ1v) is 10.1. The van der Waals surface area contributed by atoms with Gasteiger partial charge in [0.2, 0.25) is 5.91 Å². The van der Waals surface area contributed by atoms with Crippen molar-refractivity contribution in [2.24, 2.45) is 0 Å². The predicted octanol–water partition coefficient (Wildman–Crippen LogP) is 2.70. The van der Waals surface area contributed by atoms with Crippen LogP contribution >= 0.6 is 11.3 Å². The number of esters is 1. The summed E-state index contributed by atoms with van der Waals surface area (Å²) in [6, 6.07) is 8.69. The molecule has 2 N–H and O–H groups in total. The highest BCUT2D eigenvalue weighted by molar-refractivity contribution is 7.10. The molecule has 1 aromatic carbocycles. The van der Waals surface area contributed by atoms with Crippen molar-refractivity contribution < 1.29 is 19.1 Å². The van der Waals surface area contributed by atoms with E-state index in [1.165, 1.54) is 0 Å². The van der Waals surface area contributed by atoms with Crippen molar-refractivity contribution in [3.05, 3.63) is 46.2 Å². The van der Waals surface area contributed by atoms with Crippen LogP contribution in [0.5, 0.6) is 0 Å². The molecule has 146 valence electrons. The van der Waals surface area contributed by atoms with E-state index in [4.69, 9.17) is 4.74 Å². The van der Waals surface area contributed by atoms with Gasteiger partial charge in [-0.05, 0) is 49.4 Å². The van der Waals surface area contributed by atoms with E-state index in [-0.39, 0.29) is 30.5 Å². The molecule has 0 aliphatic carbocycles. The standard InChI is InChI=1S/C20H21N3O4S/c1-12(17-5-3-9-28-17)21-18(24)11-27-20(26)13-6-7-15-14(10-13)22-19(25)16-4-2-8-23(15)16/h3,5-7,9-10,12,16H,2,4,8,11H2,1H3,(H,21,24)(H,22,25)/t12-,16+/m1/s1. The molecule has 1 saturated heterocycles. The molecule has 3 heterocycles. The molecular weight excluding hydrogens is 378 g/mol. The lowest BCUT2D eigenvalue weighted by molar-refractivity contribution is -0.124. The predicted molar refractivity (Wildman–Crippen MR) is 107 cm³/mol. The minimum Gasteiger partial charge on any atom is -0.452 e. The third kappa shape index (κ3) is 3.60. The molecule has 0 bridgehead atoms. The van der Waals surface area contributed by atoms with Gasteiger partial charge < -0.3 is 20.3 Å². The molecule has 7 nitrogen and oxygen atoms in total. The zero-order valence-electron chi connectivity index (χ0n) is 15.4. The van der Waals surface area contributed by atoms with Gasteiger partial charge in [0.25, 0.3) is 5.91 Å². The molecular formula is C20H21N3O4S. The van der Waals surface area contributed by atoms with Crippen molar-refractivity contribution in [2.45, 2.75) is 31.8 Å². The van der Waals surface area contributed by atoms with Gasteiger partial charge in [-0.25, -0.2) is 4.79 Å². The van der Waals surface area contributed by atoms with Gasteiger partial charge in [0, 0.05) is 11.4 Å². The molecule has 0 saturated carbocycles. The summed E-state index contributed by atoms with van der Waals surface area (Å²) in [5, 5.41) is 7.61. The van der Waals surface area contributed by atoms with Crippen LogP contribution in [-0.2, 0) is 14.3 Å². The van der Waals surface area contributed by atoms with Gasteiger partial charge in [-0.3, -0.25) is 9.59 Å². The van der Waals surface area contributed by atoms with Gasteiger partial charge in [-0.15, -0.1) is 11.3 Å². The quantitative estimate of drug-likeness (QED) is 0.755. The van der Waals surface area contributed by atoms with Crippen molar-refractivity contribution in [3.8, 4) is 0 Å². The molecule has 2 aromatic rings. The van der Waals surface area contributed by atoms with Crippen molar-refractivity contribution in [1.82, 2.24) is 5.32 Å². The van der Waals surface area contributed by atoms with Crippen LogP contribution in [0.25, 0.3) is 0 Å². The Kier molecular flexibility index (Phi) is 5.04. The van der Waals surface area contributed by atoms with E-state index >= 15 is 0 Å². The smallest absolute Gasteiger partial charge is 0.338 e. The molecule has 0 radical (unpaired) electrons. The van der Waals surface area contributed by atoms with Crippen LogP contribution in [-0.4, -0.2) is 37.0 Å². The van der Waals surface area contributed by atoms with Crippen LogP contribution in [0, 0.1) is 0 Å². The molecule has 28 heavy (non-hydrogen) atoms. The van der Waals surface area contributed by atoms with E-state index in [0.29, 0.717) is 11.3 Å². The summed E-state index contributed by atoms with van der Waals surface area (Å²) in [5.74, 6) is -1.00. The zero-order valence-corrected chi connectivity index (χ0v) is 16.3. The van der Waals surface area contributed by atoms with Crippen LogP contribution in [0.15, 0.2) is 35.7 Å². The maximum absolute atomic E-state index is 12.3. The first kappa shape index (κ1) is 18.5. The normalized spacial score (nSPS) is 18.7. The topological polar surface area (TPSA) is 87.7 Å². The molecule has 4 rings (SSSR count). The van der Waals surface area contributed by atoms with E-state index in [9.17, 15) is 14.4 Å². The number of thiophene rings is 1. The Morgan fingerprint density at radius 3 is 3.04 bits per heavy atom. The lowest BCUT2D eigenvalue weighted by Crippen LogP contribution is -2.43. The average molecular weight is 399 g/mol. The zero-order chi connectivity index (χ0) is 19.7. The van der Waals surface area contributed by atoms with Gasteiger partial charge in [-0.1, -0.05) is 6.07 Å². The van der Waals surface area contributed by atoms with Gasteiger partial charge in [-0.2, -0.15) is 0 Å². The summed E-state index contributed by atoms with van der Waals surface area (Å²) in [6.07, 6.45) is 1.81. The fraction of sp³-hybridized carbons (Fsp3) is 0.350. The Labute approximate surface area is 166 Å². The summed E-state index contributed by atoms with van der Waals surface area (Å²) in [5.41, 5.74) is 1.82. The maximum atomic E-state index is 12.3. The Hall–Kier alpha value is -2.87. The monoisotopic (exact) mass is 399 g/mol. The molecule has 2 amide bonds. The number of rotatable bonds is 5. The Morgan fingerprint density at radius 2 is 2.25 bits per heavy atom. The second-order valence-electron chi connectivity index (χ2n) is 6.95. The Balaban J connectivity index is 1.37. The number of nitrogens with one attached hydrogen (secondary N) is 2. The van der Waals surface area contributed by atoms with E-state index in [2.05, 4.69) is 15.5 Å². The number of amides is 2. The molecule has 2 atom stereocenters. The molecule has 8 heteroatoms. The van der Waals surface area contributed by atoms with E-state index in [1.54, 1.807) is 23.5 Å². The van der Waals surface area contributed by atoms with Crippen LogP contribution < -0.4 is 15.5 Å². The first-order valence-electron chi connectivity index (χ1n) is 9.24. The second-order valence-corrected chi connectivity index (χ2v) is 7.93. The number of benzene rings is 1. The SMILES string of the molecule is C[C@@H](NC(=O)COC(=O)c1ccc2c(c1)NC(=O)[C@@H]1CCCN21)c1cccs1. The molecule has 1 fully saturated rings. The summed E-state index contributed by atoms with van der Waals surface area (Å²) >= 11 is 1.55. The fourth-order valence-electron chi connectivity index (χ4n) is 3.66. The number of carbonyl (C=O) groups excluding carboxylic acids is 3. The third-order valence-corrected chi connectivity index (χ3v) is 6.09. The van der Waals surface area contributed by atoms with Gasteiger partial charge in [0.1, 0.15) is 6.04 Å².